The van der Waals surface area contributed by atoms with Gasteiger partial charge in [-0.25, -0.2) is 13.8 Å². The number of carbonyl (C=O) groups excluding carboxylic acids is 2. The molecule has 0 spiro atoms. The summed E-state index contributed by atoms with van der Waals surface area (Å²) < 4.78 is 27.4. The number of aliphatic imine (C=N–C) groups is 1. The minimum Gasteiger partial charge on any atom is -0.369 e. The maximum atomic E-state index is 14.1. The van der Waals surface area contributed by atoms with Crippen LogP contribution in [0.1, 0.15) is 41.8 Å². The van der Waals surface area contributed by atoms with Crippen LogP contribution in [-0.2, 0) is 17.9 Å². The van der Waals surface area contributed by atoms with Crippen molar-refractivity contribution in [2.24, 2.45) is 16.6 Å². The van der Waals surface area contributed by atoms with Gasteiger partial charge in [0.1, 0.15) is 11.6 Å². The van der Waals surface area contributed by atoms with E-state index in [0.29, 0.717) is 11.1 Å². The van der Waals surface area contributed by atoms with Crippen LogP contribution in [0.3, 0.4) is 0 Å². The summed E-state index contributed by atoms with van der Waals surface area (Å²) in [6.45, 7) is 4.04. The molecule has 1 aliphatic heterocycles. The van der Waals surface area contributed by atoms with Gasteiger partial charge in [-0.2, -0.15) is 0 Å². The highest BCUT2D eigenvalue weighted by Gasteiger charge is 2.29. The van der Waals surface area contributed by atoms with Crippen LogP contribution in [-0.4, -0.2) is 28.7 Å². The second-order valence-electron chi connectivity index (χ2n) is 7.64. The first kappa shape index (κ1) is 21.4. The minimum absolute atomic E-state index is 0.0148. The number of nitrogens with zero attached hydrogens (tertiary/aromatic N) is 2. The molecule has 0 saturated carbocycles. The molecule has 2 amide bonds. The van der Waals surface area contributed by atoms with Crippen molar-refractivity contribution in [3.8, 4) is 0 Å². The molecule has 0 saturated heterocycles. The van der Waals surface area contributed by atoms with E-state index < -0.39 is 17.5 Å². The van der Waals surface area contributed by atoms with Crippen LogP contribution in [0.5, 0.6) is 0 Å². The largest absolute Gasteiger partial charge is 0.369 e. The maximum absolute atomic E-state index is 14.1. The van der Waals surface area contributed by atoms with Gasteiger partial charge in [-0.3, -0.25) is 14.5 Å². The molecule has 1 atom stereocenters. The van der Waals surface area contributed by atoms with Crippen LogP contribution in [0.15, 0.2) is 47.5 Å². The third-order valence-corrected chi connectivity index (χ3v) is 4.93. The predicted molar refractivity (Wildman–Crippen MR) is 109 cm³/mol. The quantitative estimate of drug-likeness (QED) is 0.762. The summed E-state index contributed by atoms with van der Waals surface area (Å²) in [5.41, 5.74) is 7.06. The highest BCUT2D eigenvalue weighted by Crippen LogP contribution is 2.20. The van der Waals surface area contributed by atoms with Crippen LogP contribution in [0.2, 0.25) is 0 Å². The first-order chi connectivity index (χ1) is 14.2. The zero-order valence-corrected chi connectivity index (χ0v) is 16.9. The maximum Gasteiger partial charge on any atom is 0.251 e. The van der Waals surface area contributed by atoms with Crippen LogP contribution in [0.4, 0.5) is 8.78 Å². The van der Waals surface area contributed by atoms with E-state index >= 15 is 0 Å². The lowest BCUT2D eigenvalue weighted by atomic mass is 9.99. The zero-order chi connectivity index (χ0) is 21.8. The van der Waals surface area contributed by atoms with Crippen LogP contribution in [0, 0.1) is 17.6 Å². The van der Waals surface area contributed by atoms with E-state index in [0.717, 1.165) is 6.07 Å². The summed E-state index contributed by atoms with van der Waals surface area (Å²) in [5, 5.41) is 2.64. The average Bonchev–Trinajstić information content (AvgIpc) is 2.68. The Morgan fingerprint density at radius 3 is 2.60 bits per heavy atom. The van der Waals surface area contributed by atoms with Crippen molar-refractivity contribution >= 4 is 17.8 Å². The lowest BCUT2D eigenvalue weighted by Crippen LogP contribution is -2.47. The molecule has 158 valence electrons. The average molecular weight is 414 g/mol. The standard InChI is InChI=1S/C22H24F2N4O2/c1-13(2)19-10-20(29)28(22(25)27-19)12-15-6-16(9-18(24)8-15)21(30)26-11-14-4-3-5-17(23)7-14/h3-9,13,19H,10-12H2,1-2H3,(H2,25,27)(H,26,30). The highest BCUT2D eigenvalue weighted by atomic mass is 19.1. The van der Waals surface area contributed by atoms with Gasteiger partial charge in [0.2, 0.25) is 5.91 Å². The summed E-state index contributed by atoms with van der Waals surface area (Å²) in [7, 11) is 0. The zero-order valence-electron chi connectivity index (χ0n) is 16.9. The number of rotatable bonds is 6. The molecule has 2 aromatic carbocycles. The van der Waals surface area contributed by atoms with Gasteiger partial charge in [0.15, 0.2) is 5.96 Å². The number of benzene rings is 2. The molecular formula is C22H24F2N4O2. The number of nitrogens with two attached hydrogens (primary N) is 1. The Balaban J connectivity index is 1.72. The first-order valence-electron chi connectivity index (χ1n) is 9.68. The van der Waals surface area contributed by atoms with Gasteiger partial charge in [-0.15, -0.1) is 0 Å². The fraction of sp³-hybridized carbons (Fsp3) is 0.318. The predicted octanol–water partition coefficient (Wildman–Crippen LogP) is 2.97. The molecule has 0 aliphatic carbocycles. The number of nitrogens with one attached hydrogen (secondary N) is 1. The molecule has 0 aromatic heterocycles. The number of amides is 2. The second-order valence-corrected chi connectivity index (χ2v) is 7.64. The third kappa shape index (κ3) is 5.20. The molecule has 8 heteroatoms. The Labute approximate surface area is 173 Å². The molecule has 1 aliphatic rings. The van der Waals surface area contributed by atoms with E-state index in [1.807, 2.05) is 13.8 Å². The van der Waals surface area contributed by atoms with E-state index in [9.17, 15) is 18.4 Å². The molecule has 2 aromatic rings. The molecule has 3 N–H and O–H groups in total. The van der Waals surface area contributed by atoms with E-state index in [1.165, 1.54) is 29.2 Å². The SMILES string of the molecule is CC(C)C1CC(=O)N(Cc2cc(F)cc(C(=O)NCc3cccc(F)c3)c2)C(N)=N1. The van der Waals surface area contributed by atoms with Crippen molar-refractivity contribution in [2.45, 2.75) is 39.4 Å². The van der Waals surface area contributed by atoms with Crippen molar-refractivity contribution in [1.82, 2.24) is 10.2 Å². The third-order valence-electron chi connectivity index (χ3n) is 4.93. The Morgan fingerprint density at radius 2 is 1.93 bits per heavy atom. The minimum atomic E-state index is -0.608. The summed E-state index contributed by atoms with van der Waals surface area (Å²) in [6.07, 6.45) is 0.231. The molecular weight excluding hydrogens is 390 g/mol. The monoisotopic (exact) mass is 414 g/mol. The van der Waals surface area contributed by atoms with Gasteiger partial charge in [0.05, 0.1) is 19.0 Å². The van der Waals surface area contributed by atoms with Crippen molar-refractivity contribution < 1.29 is 18.4 Å². The van der Waals surface area contributed by atoms with E-state index in [4.69, 9.17) is 5.73 Å². The van der Waals surface area contributed by atoms with E-state index in [2.05, 4.69) is 10.3 Å². The first-order valence-corrected chi connectivity index (χ1v) is 9.68. The molecule has 1 heterocycles. The number of halogens is 2. The molecule has 0 fully saturated rings. The molecule has 1 unspecified atom stereocenters. The fourth-order valence-corrected chi connectivity index (χ4v) is 3.24. The van der Waals surface area contributed by atoms with Crippen LogP contribution < -0.4 is 11.1 Å². The van der Waals surface area contributed by atoms with Gasteiger partial charge < -0.3 is 11.1 Å². The van der Waals surface area contributed by atoms with Gasteiger partial charge >= 0.3 is 0 Å². The van der Waals surface area contributed by atoms with E-state index in [-0.39, 0.29) is 48.9 Å². The second kappa shape index (κ2) is 9.02. The highest BCUT2D eigenvalue weighted by molar-refractivity contribution is 5.98. The molecule has 30 heavy (non-hydrogen) atoms. The lowest BCUT2D eigenvalue weighted by Gasteiger charge is -2.30. The van der Waals surface area contributed by atoms with Gasteiger partial charge in [-0.05, 0) is 47.4 Å². The van der Waals surface area contributed by atoms with Gasteiger partial charge in [0.25, 0.3) is 5.91 Å². The Hall–Kier alpha value is -3.29. The Bertz CT molecular complexity index is 991. The lowest BCUT2D eigenvalue weighted by molar-refractivity contribution is -0.129. The summed E-state index contributed by atoms with van der Waals surface area (Å²) in [5.74, 6) is -1.44. The Morgan fingerprint density at radius 1 is 1.20 bits per heavy atom. The normalized spacial score (nSPS) is 16.6. The molecule has 3 rings (SSSR count). The van der Waals surface area contributed by atoms with Crippen molar-refractivity contribution in [1.29, 1.82) is 0 Å². The van der Waals surface area contributed by atoms with Crippen molar-refractivity contribution in [3.63, 3.8) is 0 Å². The van der Waals surface area contributed by atoms with Crippen LogP contribution >= 0.6 is 0 Å². The van der Waals surface area contributed by atoms with Crippen molar-refractivity contribution in [3.05, 3.63) is 70.8 Å². The number of hydrogen-bond acceptors (Lipinski definition) is 4. The summed E-state index contributed by atoms with van der Waals surface area (Å²) in [4.78, 5) is 30.6. The fourth-order valence-electron chi connectivity index (χ4n) is 3.24. The van der Waals surface area contributed by atoms with Gasteiger partial charge in [-0.1, -0.05) is 26.0 Å². The number of carbonyl (C=O) groups is 2. The Kier molecular flexibility index (Phi) is 6.44. The molecule has 0 radical (unpaired) electrons. The number of guanidine groups is 1. The van der Waals surface area contributed by atoms with Gasteiger partial charge in [0, 0.05) is 12.1 Å². The summed E-state index contributed by atoms with van der Waals surface area (Å²) in [6, 6.07) is 9.52. The van der Waals surface area contributed by atoms with E-state index in [1.54, 1.807) is 12.1 Å². The summed E-state index contributed by atoms with van der Waals surface area (Å²) >= 11 is 0. The smallest absolute Gasteiger partial charge is 0.251 e. The van der Waals surface area contributed by atoms with Crippen molar-refractivity contribution in [2.75, 3.05) is 0 Å². The topological polar surface area (TPSA) is 87.8 Å². The molecule has 0 bridgehead atoms. The van der Waals surface area contributed by atoms with Crippen LogP contribution in [0.25, 0.3) is 0 Å². The molecule has 6 nitrogen and oxygen atoms in total. The number of hydrogen-bond donors (Lipinski definition) is 2.